The van der Waals surface area contributed by atoms with E-state index in [1.54, 1.807) is 0 Å². The molecule has 0 heterocycles. The average molecular weight is 243 g/mol. The van der Waals surface area contributed by atoms with E-state index in [1.165, 1.54) is 0 Å². The van der Waals surface area contributed by atoms with Gasteiger partial charge < -0.3 is 15.5 Å². The molecule has 0 radical (unpaired) electrons. The molecule has 0 bridgehead atoms. The molecular weight excluding hydrogens is 218 g/mol. The van der Waals surface area contributed by atoms with Crippen LogP contribution in [0.4, 0.5) is 0 Å². The molecule has 1 unspecified atom stereocenters. The Labute approximate surface area is 103 Å². The number of carbonyl (C=O) groups is 1. The molecule has 1 saturated carbocycles. The highest BCUT2D eigenvalue weighted by Crippen LogP contribution is 2.31. The van der Waals surface area contributed by atoms with Crippen LogP contribution < -0.4 is 5.32 Å². The summed E-state index contributed by atoms with van der Waals surface area (Å²) >= 11 is 0. The largest absolute Gasteiger partial charge is 0.480 e. The lowest BCUT2D eigenvalue weighted by molar-refractivity contribution is -0.140. The second-order valence-electron chi connectivity index (χ2n) is 5.47. The molecule has 0 aromatic heterocycles. The molecular formula is C13H25NO3. The van der Waals surface area contributed by atoms with E-state index in [0.29, 0.717) is 18.9 Å². The van der Waals surface area contributed by atoms with Gasteiger partial charge in [0.1, 0.15) is 6.04 Å². The number of nitrogens with one attached hydrogen (secondary N) is 1. The Morgan fingerprint density at radius 1 is 1.47 bits per heavy atom. The highest BCUT2D eigenvalue weighted by Gasteiger charge is 2.32. The van der Waals surface area contributed by atoms with Gasteiger partial charge >= 0.3 is 5.97 Å². The number of carboxylic acids is 1. The van der Waals surface area contributed by atoms with Crippen molar-refractivity contribution in [3.8, 4) is 0 Å². The predicted molar refractivity (Wildman–Crippen MR) is 66.9 cm³/mol. The predicted octanol–water partition coefficient (Wildman–Crippen LogP) is 1.77. The lowest BCUT2D eigenvalue weighted by Gasteiger charge is -2.35. The molecule has 1 atom stereocenters. The van der Waals surface area contributed by atoms with E-state index in [2.05, 4.69) is 12.2 Å². The molecule has 1 aliphatic carbocycles. The third kappa shape index (κ3) is 4.64. The molecule has 0 spiro atoms. The molecule has 0 aliphatic heterocycles. The zero-order valence-corrected chi connectivity index (χ0v) is 10.9. The van der Waals surface area contributed by atoms with E-state index in [4.69, 9.17) is 5.11 Å². The summed E-state index contributed by atoms with van der Waals surface area (Å²) in [5, 5.41) is 22.3. The minimum absolute atomic E-state index is 0.399. The fraction of sp³-hybridized carbons (Fsp3) is 0.923. The van der Waals surface area contributed by atoms with Crippen LogP contribution in [0.5, 0.6) is 0 Å². The fourth-order valence-electron chi connectivity index (χ4n) is 2.39. The van der Waals surface area contributed by atoms with Crippen molar-refractivity contribution in [3.05, 3.63) is 0 Å². The van der Waals surface area contributed by atoms with Gasteiger partial charge in [-0.05, 0) is 38.0 Å². The van der Waals surface area contributed by atoms with E-state index >= 15 is 0 Å². The minimum Gasteiger partial charge on any atom is -0.480 e. The SMILES string of the molecule is CCCC(NCC1(O)CCC(C)CC1)C(=O)O. The van der Waals surface area contributed by atoms with Crippen LogP contribution in [-0.2, 0) is 4.79 Å². The smallest absolute Gasteiger partial charge is 0.320 e. The van der Waals surface area contributed by atoms with Gasteiger partial charge in [0.2, 0.25) is 0 Å². The van der Waals surface area contributed by atoms with Gasteiger partial charge in [0.15, 0.2) is 0 Å². The maximum atomic E-state index is 11.0. The lowest BCUT2D eigenvalue weighted by Crippen LogP contribution is -2.48. The monoisotopic (exact) mass is 243 g/mol. The first kappa shape index (κ1) is 14.5. The molecule has 3 N–H and O–H groups in total. The number of aliphatic carboxylic acids is 1. The molecule has 4 nitrogen and oxygen atoms in total. The Bertz CT molecular complexity index is 247. The zero-order valence-electron chi connectivity index (χ0n) is 10.9. The second kappa shape index (κ2) is 6.36. The molecule has 0 amide bonds. The lowest BCUT2D eigenvalue weighted by atomic mass is 9.79. The summed E-state index contributed by atoms with van der Waals surface area (Å²) in [6, 6.07) is -0.525. The Morgan fingerprint density at radius 3 is 2.53 bits per heavy atom. The molecule has 100 valence electrons. The number of aliphatic hydroxyl groups is 1. The molecule has 17 heavy (non-hydrogen) atoms. The Balaban J connectivity index is 2.39. The summed E-state index contributed by atoms with van der Waals surface area (Å²) in [4.78, 5) is 11.0. The molecule has 1 aliphatic rings. The van der Waals surface area contributed by atoms with Crippen molar-refractivity contribution < 1.29 is 15.0 Å². The van der Waals surface area contributed by atoms with Crippen LogP contribution in [0, 0.1) is 5.92 Å². The van der Waals surface area contributed by atoms with E-state index < -0.39 is 17.6 Å². The van der Waals surface area contributed by atoms with Crippen LogP contribution in [0.2, 0.25) is 0 Å². The van der Waals surface area contributed by atoms with Crippen LogP contribution in [0.15, 0.2) is 0 Å². The van der Waals surface area contributed by atoms with E-state index in [-0.39, 0.29) is 0 Å². The van der Waals surface area contributed by atoms with Gasteiger partial charge in [-0.1, -0.05) is 20.3 Å². The first-order chi connectivity index (χ1) is 7.97. The number of rotatable bonds is 6. The highest BCUT2D eigenvalue weighted by atomic mass is 16.4. The van der Waals surface area contributed by atoms with Gasteiger partial charge in [0.05, 0.1) is 5.60 Å². The van der Waals surface area contributed by atoms with Crippen LogP contribution in [-0.4, -0.2) is 34.4 Å². The first-order valence-corrected chi connectivity index (χ1v) is 6.65. The van der Waals surface area contributed by atoms with Gasteiger partial charge in [-0.3, -0.25) is 4.79 Å². The molecule has 0 aromatic carbocycles. The molecule has 0 saturated heterocycles. The van der Waals surface area contributed by atoms with Gasteiger partial charge in [0.25, 0.3) is 0 Å². The summed E-state index contributed by atoms with van der Waals surface area (Å²) in [5.41, 5.74) is -0.700. The van der Waals surface area contributed by atoms with Crippen molar-refractivity contribution in [2.24, 2.45) is 5.92 Å². The van der Waals surface area contributed by atoms with Crippen LogP contribution >= 0.6 is 0 Å². The molecule has 1 rings (SSSR count). The summed E-state index contributed by atoms with van der Waals surface area (Å²) in [7, 11) is 0. The summed E-state index contributed by atoms with van der Waals surface area (Å²) < 4.78 is 0. The average Bonchev–Trinajstić information content (AvgIpc) is 2.28. The van der Waals surface area contributed by atoms with Gasteiger partial charge in [0, 0.05) is 6.54 Å². The first-order valence-electron chi connectivity index (χ1n) is 6.65. The molecule has 4 heteroatoms. The molecule has 0 aromatic rings. The van der Waals surface area contributed by atoms with Crippen molar-refractivity contribution in [2.75, 3.05) is 6.54 Å². The van der Waals surface area contributed by atoms with Gasteiger partial charge in [-0.25, -0.2) is 0 Å². The van der Waals surface area contributed by atoms with Crippen molar-refractivity contribution in [1.29, 1.82) is 0 Å². The summed E-state index contributed by atoms with van der Waals surface area (Å²) in [6.45, 7) is 4.56. The Hall–Kier alpha value is -0.610. The topological polar surface area (TPSA) is 69.6 Å². The third-order valence-electron chi connectivity index (χ3n) is 3.76. The van der Waals surface area contributed by atoms with Gasteiger partial charge in [-0.2, -0.15) is 0 Å². The third-order valence-corrected chi connectivity index (χ3v) is 3.76. The fourth-order valence-corrected chi connectivity index (χ4v) is 2.39. The van der Waals surface area contributed by atoms with E-state index in [1.807, 2.05) is 6.92 Å². The second-order valence-corrected chi connectivity index (χ2v) is 5.47. The number of carboxylic acid groups (broad SMARTS) is 1. The maximum absolute atomic E-state index is 11.0. The quantitative estimate of drug-likeness (QED) is 0.665. The van der Waals surface area contributed by atoms with Crippen molar-refractivity contribution >= 4 is 5.97 Å². The van der Waals surface area contributed by atoms with Crippen LogP contribution in [0.1, 0.15) is 52.4 Å². The van der Waals surface area contributed by atoms with E-state index in [9.17, 15) is 9.90 Å². The van der Waals surface area contributed by atoms with Crippen molar-refractivity contribution in [1.82, 2.24) is 5.32 Å². The molecule has 1 fully saturated rings. The van der Waals surface area contributed by atoms with Crippen LogP contribution in [0.3, 0.4) is 0 Å². The van der Waals surface area contributed by atoms with E-state index in [0.717, 1.165) is 32.1 Å². The number of hydrogen-bond donors (Lipinski definition) is 3. The Kier molecular flexibility index (Phi) is 5.40. The summed E-state index contributed by atoms with van der Waals surface area (Å²) in [5.74, 6) is -0.138. The standard InChI is InChI=1S/C13H25NO3/c1-3-4-11(12(15)16)14-9-13(17)7-5-10(2)6-8-13/h10-11,14,17H,3-9H2,1-2H3,(H,15,16). The Morgan fingerprint density at radius 2 is 2.06 bits per heavy atom. The minimum atomic E-state index is -0.820. The van der Waals surface area contributed by atoms with Crippen LogP contribution in [0.25, 0.3) is 0 Å². The normalized spacial score (nSPS) is 31.1. The highest BCUT2D eigenvalue weighted by molar-refractivity contribution is 5.73. The van der Waals surface area contributed by atoms with Crippen molar-refractivity contribution in [2.45, 2.75) is 64.0 Å². The maximum Gasteiger partial charge on any atom is 0.320 e. The van der Waals surface area contributed by atoms with Crippen molar-refractivity contribution in [3.63, 3.8) is 0 Å². The number of hydrogen-bond acceptors (Lipinski definition) is 3. The summed E-state index contributed by atoms with van der Waals surface area (Å²) in [6.07, 6.45) is 5.06. The van der Waals surface area contributed by atoms with Gasteiger partial charge in [-0.15, -0.1) is 0 Å². The zero-order chi connectivity index (χ0) is 12.9.